The molecule has 2 atom stereocenters. The zero-order chi connectivity index (χ0) is 27.2. The summed E-state index contributed by atoms with van der Waals surface area (Å²) in [5.41, 5.74) is 0. The van der Waals surface area contributed by atoms with Gasteiger partial charge in [-0.3, -0.25) is 4.90 Å². The Labute approximate surface area is 233 Å². The number of aliphatic hydroxyl groups is 2. The molecule has 0 amide bonds. The van der Waals surface area contributed by atoms with Crippen molar-refractivity contribution in [3.8, 4) is 0 Å². The Bertz CT molecular complexity index is 388. The van der Waals surface area contributed by atoms with E-state index in [4.69, 9.17) is 4.74 Å². The Morgan fingerprint density at radius 1 is 0.459 bits per heavy atom. The minimum absolute atomic E-state index is 0.301. The first-order valence-corrected chi connectivity index (χ1v) is 16.8. The van der Waals surface area contributed by atoms with Crippen molar-refractivity contribution >= 4 is 0 Å². The molecular formula is C33H69NO3. The van der Waals surface area contributed by atoms with Crippen molar-refractivity contribution in [3.05, 3.63) is 0 Å². The van der Waals surface area contributed by atoms with Gasteiger partial charge in [-0.15, -0.1) is 0 Å². The Morgan fingerprint density at radius 2 is 0.811 bits per heavy atom. The van der Waals surface area contributed by atoms with E-state index < -0.39 is 0 Å². The molecule has 0 spiro atoms. The van der Waals surface area contributed by atoms with Crippen LogP contribution in [0.4, 0.5) is 0 Å². The monoisotopic (exact) mass is 528 g/mol. The fourth-order valence-corrected chi connectivity index (χ4v) is 5.21. The predicted octanol–water partition coefficient (Wildman–Crippen LogP) is 9.06. The van der Waals surface area contributed by atoms with Gasteiger partial charge in [0.05, 0.1) is 18.8 Å². The number of rotatable bonds is 31. The molecular weight excluding hydrogens is 458 g/mol. The first-order chi connectivity index (χ1) is 18.1. The van der Waals surface area contributed by atoms with Gasteiger partial charge in [-0.2, -0.15) is 0 Å². The lowest BCUT2D eigenvalue weighted by Gasteiger charge is -2.27. The van der Waals surface area contributed by atoms with Gasteiger partial charge in [0.15, 0.2) is 0 Å². The highest BCUT2D eigenvalue weighted by atomic mass is 16.5. The first kappa shape index (κ1) is 36.8. The highest BCUT2D eigenvalue weighted by Crippen LogP contribution is 2.14. The van der Waals surface area contributed by atoms with E-state index in [1.165, 1.54) is 116 Å². The summed E-state index contributed by atoms with van der Waals surface area (Å²) in [7, 11) is 0. The number of ether oxygens (including phenoxy) is 1. The van der Waals surface area contributed by atoms with Crippen LogP contribution in [0.3, 0.4) is 0 Å². The molecule has 0 saturated heterocycles. The van der Waals surface area contributed by atoms with Crippen molar-refractivity contribution in [2.75, 3.05) is 32.8 Å². The molecule has 0 heterocycles. The quantitative estimate of drug-likeness (QED) is 0.0883. The minimum atomic E-state index is -0.301. The molecule has 224 valence electrons. The van der Waals surface area contributed by atoms with Crippen LogP contribution in [0.2, 0.25) is 0 Å². The summed E-state index contributed by atoms with van der Waals surface area (Å²) in [6.45, 7) is 10.3. The molecule has 0 aliphatic heterocycles. The highest BCUT2D eigenvalue weighted by Gasteiger charge is 2.16. The minimum Gasteiger partial charge on any atom is -0.392 e. The summed E-state index contributed by atoms with van der Waals surface area (Å²) in [6, 6.07) is 0. The van der Waals surface area contributed by atoms with Gasteiger partial charge in [-0.25, -0.2) is 0 Å². The van der Waals surface area contributed by atoms with Crippen LogP contribution in [0.1, 0.15) is 168 Å². The average molecular weight is 528 g/mol. The van der Waals surface area contributed by atoms with Gasteiger partial charge in [0.25, 0.3) is 0 Å². The van der Waals surface area contributed by atoms with Crippen LogP contribution >= 0.6 is 0 Å². The molecule has 0 aromatic rings. The van der Waals surface area contributed by atoms with Gasteiger partial charge >= 0.3 is 0 Å². The molecule has 0 rings (SSSR count). The van der Waals surface area contributed by atoms with E-state index >= 15 is 0 Å². The second kappa shape index (κ2) is 30.4. The molecule has 0 fully saturated rings. The molecule has 0 aliphatic carbocycles. The summed E-state index contributed by atoms with van der Waals surface area (Å²) in [4.78, 5) is 2.23. The zero-order valence-corrected chi connectivity index (χ0v) is 25.7. The molecule has 0 saturated carbocycles. The van der Waals surface area contributed by atoms with Gasteiger partial charge < -0.3 is 14.9 Å². The van der Waals surface area contributed by atoms with Gasteiger partial charge in [-0.1, -0.05) is 149 Å². The van der Waals surface area contributed by atoms with Gasteiger partial charge in [0.2, 0.25) is 0 Å². The van der Waals surface area contributed by atoms with Crippen LogP contribution < -0.4 is 0 Å². The normalized spacial score (nSPS) is 13.5. The smallest absolute Gasteiger partial charge is 0.0667 e. The van der Waals surface area contributed by atoms with Crippen LogP contribution in [-0.2, 0) is 4.74 Å². The van der Waals surface area contributed by atoms with Crippen molar-refractivity contribution in [2.24, 2.45) is 0 Å². The van der Waals surface area contributed by atoms with Crippen molar-refractivity contribution in [1.29, 1.82) is 0 Å². The van der Waals surface area contributed by atoms with Crippen LogP contribution in [0.15, 0.2) is 0 Å². The molecule has 0 aliphatic rings. The van der Waals surface area contributed by atoms with Crippen molar-refractivity contribution < 1.29 is 14.9 Å². The lowest BCUT2D eigenvalue weighted by molar-refractivity contribution is 0.0382. The van der Waals surface area contributed by atoms with Crippen LogP contribution in [-0.4, -0.2) is 60.2 Å². The van der Waals surface area contributed by atoms with E-state index in [0.29, 0.717) is 19.7 Å². The summed E-state index contributed by atoms with van der Waals surface area (Å²) >= 11 is 0. The summed E-state index contributed by atoms with van der Waals surface area (Å²) in [5.74, 6) is 0. The third kappa shape index (κ3) is 28.7. The average Bonchev–Trinajstić information content (AvgIpc) is 2.88. The highest BCUT2D eigenvalue weighted by molar-refractivity contribution is 4.70. The molecule has 4 heteroatoms. The van der Waals surface area contributed by atoms with Crippen molar-refractivity contribution in [1.82, 2.24) is 4.90 Å². The van der Waals surface area contributed by atoms with E-state index in [9.17, 15) is 10.2 Å². The molecule has 37 heavy (non-hydrogen) atoms. The Kier molecular flexibility index (Phi) is 30.3. The first-order valence-electron chi connectivity index (χ1n) is 16.8. The van der Waals surface area contributed by atoms with E-state index in [2.05, 4.69) is 25.7 Å². The molecule has 0 aromatic heterocycles. The fourth-order valence-electron chi connectivity index (χ4n) is 5.21. The topological polar surface area (TPSA) is 52.9 Å². The third-order valence-corrected chi connectivity index (χ3v) is 7.62. The van der Waals surface area contributed by atoms with Crippen molar-refractivity contribution in [3.63, 3.8) is 0 Å². The number of nitrogens with zero attached hydrogens (tertiary/aromatic N) is 1. The van der Waals surface area contributed by atoms with Crippen LogP contribution in [0, 0.1) is 0 Å². The predicted molar refractivity (Wildman–Crippen MR) is 162 cm³/mol. The molecule has 2 unspecified atom stereocenters. The zero-order valence-electron chi connectivity index (χ0n) is 25.7. The fraction of sp³-hybridized carbons (Fsp3) is 1.00. The van der Waals surface area contributed by atoms with Gasteiger partial charge in [-0.05, 0) is 19.3 Å². The maximum atomic E-state index is 10.7. The van der Waals surface area contributed by atoms with Gasteiger partial charge in [0, 0.05) is 26.2 Å². The molecule has 0 bridgehead atoms. The number of unbranched alkanes of at least 4 members (excludes halogenated alkanes) is 18. The lowest BCUT2D eigenvalue weighted by atomic mass is 10.0. The Morgan fingerprint density at radius 3 is 1.16 bits per heavy atom. The summed E-state index contributed by atoms with van der Waals surface area (Å²) in [6.07, 6.45) is 28.7. The van der Waals surface area contributed by atoms with Gasteiger partial charge in [0.1, 0.15) is 0 Å². The van der Waals surface area contributed by atoms with E-state index in [-0.39, 0.29) is 12.2 Å². The van der Waals surface area contributed by atoms with E-state index in [0.717, 1.165) is 45.3 Å². The molecule has 4 nitrogen and oxygen atoms in total. The van der Waals surface area contributed by atoms with Crippen molar-refractivity contribution in [2.45, 2.75) is 181 Å². The second-order valence-corrected chi connectivity index (χ2v) is 11.6. The molecule has 0 radical (unpaired) electrons. The summed E-state index contributed by atoms with van der Waals surface area (Å²) in [5, 5.41) is 21.3. The number of hydrogen-bond acceptors (Lipinski definition) is 4. The molecule has 2 N–H and O–H groups in total. The summed E-state index contributed by atoms with van der Waals surface area (Å²) < 4.78 is 5.71. The Hall–Kier alpha value is -0.160. The standard InChI is InChI=1S/C33H69NO3/c1-4-7-9-11-13-15-17-19-21-23-25-32(35)30-34(27-29-37-28-6-3)31-33(36)26-24-22-20-18-16-14-12-10-8-5-2/h32-33,35-36H,4-31H2,1-3H3. The number of aliphatic hydroxyl groups excluding tert-OH is 2. The van der Waals surface area contributed by atoms with Crippen LogP contribution in [0.25, 0.3) is 0 Å². The van der Waals surface area contributed by atoms with Crippen LogP contribution in [0.5, 0.6) is 0 Å². The largest absolute Gasteiger partial charge is 0.392 e. The second-order valence-electron chi connectivity index (χ2n) is 11.6. The maximum Gasteiger partial charge on any atom is 0.0667 e. The SMILES string of the molecule is CCCCCCCCCCCCC(O)CN(CCOCCC)CC(O)CCCCCCCCCCCC. The maximum absolute atomic E-state index is 10.7. The Balaban J connectivity index is 3.98. The van der Waals surface area contributed by atoms with E-state index in [1.54, 1.807) is 0 Å². The third-order valence-electron chi connectivity index (χ3n) is 7.62. The number of hydrogen-bond donors (Lipinski definition) is 2. The molecule has 0 aromatic carbocycles. The van der Waals surface area contributed by atoms with E-state index in [1.807, 2.05) is 0 Å². The lowest BCUT2D eigenvalue weighted by Crippen LogP contribution is -2.40.